The summed E-state index contributed by atoms with van der Waals surface area (Å²) in [7, 11) is 1.63. The van der Waals surface area contributed by atoms with Crippen molar-refractivity contribution in [3.8, 4) is 0 Å². The lowest BCUT2D eigenvalue weighted by atomic mass is 10.3. The standard InChI is InChI=1S/C9H19NO2S/c1-12-8-9(11)7-10-3-2-5-13-6-4-10/h9,11H,2-8H2,1H3. The number of aliphatic hydroxyl groups is 1. The number of methoxy groups -OCH3 is 1. The Labute approximate surface area is 84.4 Å². The second-order valence-corrected chi connectivity index (χ2v) is 4.60. The second-order valence-electron chi connectivity index (χ2n) is 3.38. The zero-order valence-electron chi connectivity index (χ0n) is 8.24. The smallest absolute Gasteiger partial charge is 0.0900 e. The van der Waals surface area contributed by atoms with E-state index in [1.54, 1.807) is 7.11 Å². The van der Waals surface area contributed by atoms with E-state index in [1.807, 2.05) is 11.8 Å². The van der Waals surface area contributed by atoms with Crippen LogP contribution in [0.3, 0.4) is 0 Å². The first kappa shape index (κ1) is 11.3. The van der Waals surface area contributed by atoms with Gasteiger partial charge in [-0.1, -0.05) is 0 Å². The van der Waals surface area contributed by atoms with Gasteiger partial charge < -0.3 is 9.84 Å². The van der Waals surface area contributed by atoms with Crippen LogP contribution < -0.4 is 0 Å². The third kappa shape index (κ3) is 4.86. The van der Waals surface area contributed by atoms with Gasteiger partial charge in [-0.05, 0) is 18.7 Å². The molecule has 1 heterocycles. The van der Waals surface area contributed by atoms with Crippen LogP contribution in [0.4, 0.5) is 0 Å². The van der Waals surface area contributed by atoms with Gasteiger partial charge in [-0.3, -0.25) is 4.90 Å². The normalized spacial score (nSPS) is 22.6. The molecule has 1 atom stereocenters. The van der Waals surface area contributed by atoms with Crippen LogP contribution in [0.15, 0.2) is 0 Å². The molecule has 4 heteroatoms. The minimum atomic E-state index is -0.326. The monoisotopic (exact) mass is 205 g/mol. The molecule has 0 spiro atoms. The van der Waals surface area contributed by atoms with E-state index < -0.39 is 0 Å². The summed E-state index contributed by atoms with van der Waals surface area (Å²) in [4.78, 5) is 2.32. The Morgan fingerprint density at radius 2 is 2.31 bits per heavy atom. The average molecular weight is 205 g/mol. The fourth-order valence-corrected chi connectivity index (χ4v) is 2.45. The lowest BCUT2D eigenvalue weighted by Crippen LogP contribution is -2.36. The highest BCUT2D eigenvalue weighted by atomic mass is 32.2. The summed E-state index contributed by atoms with van der Waals surface area (Å²) < 4.78 is 4.89. The van der Waals surface area contributed by atoms with E-state index in [2.05, 4.69) is 4.90 Å². The van der Waals surface area contributed by atoms with Gasteiger partial charge in [0.15, 0.2) is 0 Å². The number of hydrogen-bond donors (Lipinski definition) is 1. The molecule has 1 aliphatic heterocycles. The van der Waals surface area contributed by atoms with E-state index in [-0.39, 0.29) is 6.10 Å². The summed E-state index contributed by atoms with van der Waals surface area (Å²) in [6.45, 7) is 3.43. The summed E-state index contributed by atoms with van der Waals surface area (Å²) in [5, 5.41) is 9.52. The van der Waals surface area contributed by atoms with Gasteiger partial charge in [0.05, 0.1) is 12.7 Å². The lowest BCUT2D eigenvalue weighted by Gasteiger charge is -2.22. The van der Waals surface area contributed by atoms with Crippen molar-refractivity contribution in [2.24, 2.45) is 0 Å². The van der Waals surface area contributed by atoms with E-state index >= 15 is 0 Å². The Hall–Kier alpha value is 0.230. The Kier molecular flexibility index (Phi) is 5.78. The van der Waals surface area contributed by atoms with E-state index in [0.29, 0.717) is 6.61 Å². The van der Waals surface area contributed by atoms with Gasteiger partial charge in [0, 0.05) is 26.0 Å². The molecule has 1 unspecified atom stereocenters. The zero-order valence-corrected chi connectivity index (χ0v) is 9.05. The van der Waals surface area contributed by atoms with Gasteiger partial charge in [0.2, 0.25) is 0 Å². The van der Waals surface area contributed by atoms with Crippen LogP contribution in [0.1, 0.15) is 6.42 Å². The van der Waals surface area contributed by atoms with Crippen LogP contribution in [0.2, 0.25) is 0 Å². The molecule has 0 aromatic heterocycles. The highest BCUT2D eigenvalue weighted by molar-refractivity contribution is 7.99. The molecule has 1 aliphatic rings. The quantitative estimate of drug-likeness (QED) is 0.721. The first-order valence-corrected chi connectivity index (χ1v) is 5.95. The molecule has 1 rings (SSSR count). The van der Waals surface area contributed by atoms with Crippen molar-refractivity contribution in [1.29, 1.82) is 0 Å². The summed E-state index contributed by atoms with van der Waals surface area (Å²) >= 11 is 2.01. The van der Waals surface area contributed by atoms with Crippen molar-refractivity contribution in [2.75, 3.05) is 44.9 Å². The maximum atomic E-state index is 9.52. The SMILES string of the molecule is COCC(O)CN1CCCSCC1. The van der Waals surface area contributed by atoms with Crippen molar-refractivity contribution in [3.05, 3.63) is 0 Å². The van der Waals surface area contributed by atoms with Crippen LogP contribution >= 0.6 is 11.8 Å². The minimum Gasteiger partial charge on any atom is -0.389 e. The first-order valence-electron chi connectivity index (χ1n) is 4.80. The molecule has 0 aromatic rings. The molecule has 0 aliphatic carbocycles. The molecule has 0 aromatic carbocycles. The largest absolute Gasteiger partial charge is 0.389 e. The fraction of sp³-hybridized carbons (Fsp3) is 1.00. The molecule has 0 bridgehead atoms. The third-order valence-electron chi connectivity index (χ3n) is 2.14. The number of nitrogens with zero attached hydrogens (tertiary/aromatic N) is 1. The van der Waals surface area contributed by atoms with Crippen molar-refractivity contribution < 1.29 is 9.84 Å². The molecule has 0 amide bonds. The summed E-state index contributed by atoms with van der Waals surface area (Å²) in [6, 6.07) is 0. The highest BCUT2D eigenvalue weighted by Crippen LogP contribution is 2.10. The van der Waals surface area contributed by atoms with Gasteiger partial charge in [-0.2, -0.15) is 11.8 Å². The number of aliphatic hydroxyl groups excluding tert-OH is 1. The summed E-state index contributed by atoms with van der Waals surface area (Å²) in [5.74, 6) is 2.45. The molecule has 1 saturated heterocycles. The third-order valence-corrected chi connectivity index (χ3v) is 3.19. The molecule has 1 N–H and O–H groups in total. The van der Waals surface area contributed by atoms with Crippen molar-refractivity contribution in [2.45, 2.75) is 12.5 Å². The van der Waals surface area contributed by atoms with Crippen LogP contribution in [0.5, 0.6) is 0 Å². The van der Waals surface area contributed by atoms with Gasteiger partial charge in [0.25, 0.3) is 0 Å². The van der Waals surface area contributed by atoms with Crippen molar-refractivity contribution >= 4 is 11.8 Å². The van der Waals surface area contributed by atoms with Gasteiger partial charge in [-0.15, -0.1) is 0 Å². The Morgan fingerprint density at radius 3 is 3.08 bits per heavy atom. The predicted molar refractivity (Wildman–Crippen MR) is 56.3 cm³/mol. The minimum absolute atomic E-state index is 0.326. The number of ether oxygens (including phenoxy) is 1. The Morgan fingerprint density at radius 1 is 1.46 bits per heavy atom. The maximum Gasteiger partial charge on any atom is 0.0900 e. The molecule has 3 nitrogen and oxygen atoms in total. The zero-order chi connectivity index (χ0) is 9.52. The Balaban J connectivity index is 2.17. The Bertz CT molecular complexity index is 127. The number of thioether (sulfide) groups is 1. The summed E-state index contributed by atoms with van der Waals surface area (Å²) in [5.41, 5.74) is 0. The molecular weight excluding hydrogens is 186 g/mol. The molecule has 78 valence electrons. The van der Waals surface area contributed by atoms with E-state index in [4.69, 9.17) is 4.74 Å². The van der Waals surface area contributed by atoms with Crippen LogP contribution in [-0.2, 0) is 4.74 Å². The van der Waals surface area contributed by atoms with E-state index in [9.17, 15) is 5.11 Å². The molecule has 13 heavy (non-hydrogen) atoms. The number of rotatable bonds is 4. The molecule has 1 fully saturated rings. The highest BCUT2D eigenvalue weighted by Gasteiger charge is 2.13. The van der Waals surface area contributed by atoms with Crippen LogP contribution in [0, 0.1) is 0 Å². The van der Waals surface area contributed by atoms with Gasteiger partial charge in [-0.25, -0.2) is 0 Å². The molecular formula is C9H19NO2S. The van der Waals surface area contributed by atoms with Crippen molar-refractivity contribution in [1.82, 2.24) is 4.90 Å². The fourth-order valence-electron chi connectivity index (χ4n) is 1.52. The lowest BCUT2D eigenvalue weighted by molar-refractivity contribution is 0.0394. The number of β-amino-alcohol motifs (C(OH)–C–C–N with tert-alkyl or cyclic N) is 1. The topological polar surface area (TPSA) is 32.7 Å². The number of hydrogen-bond acceptors (Lipinski definition) is 4. The van der Waals surface area contributed by atoms with Gasteiger partial charge in [0.1, 0.15) is 0 Å². The van der Waals surface area contributed by atoms with E-state index in [0.717, 1.165) is 19.6 Å². The van der Waals surface area contributed by atoms with Crippen LogP contribution in [0.25, 0.3) is 0 Å². The second kappa shape index (κ2) is 6.65. The van der Waals surface area contributed by atoms with Crippen molar-refractivity contribution in [3.63, 3.8) is 0 Å². The van der Waals surface area contributed by atoms with Crippen LogP contribution in [-0.4, -0.2) is 61.0 Å². The maximum absolute atomic E-state index is 9.52. The predicted octanol–water partition coefficient (Wildman–Crippen LogP) is 0.433. The first-order chi connectivity index (χ1) is 6.33. The average Bonchev–Trinajstić information content (AvgIpc) is 2.33. The molecule has 0 radical (unpaired) electrons. The van der Waals surface area contributed by atoms with E-state index in [1.165, 1.54) is 17.9 Å². The van der Waals surface area contributed by atoms with Gasteiger partial charge >= 0.3 is 0 Å². The molecule has 0 saturated carbocycles. The summed E-state index contributed by atoms with van der Waals surface area (Å²) in [6.07, 6.45) is 0.915.